The molecule has 1 aromatic heterocycles. The third-order valence-corrected chi connectivity index (χ3v) is 7.25. The van der Waals surface area contributed by atoms with Crippen molar-refractivity contribution < 1.29 is 26.7 Å². The molecule has 1 aliphatic rings. The number of rotatable bonds is 8. The van der Waals surface area contributed by atoms with Crippen LogP contribution in [0.2, 0.25) is 0 Å². The molecule has 0 fully saturated rings. The third-order valence-electron chi connectivity index (χ3n) is 6.04. The number of aryl methyl sites for hydroxylation is 1. The van der Waals surface area contributed by atoms with Gasteiger partial charge in [0.15, 0.2) is 11.6 Å². The Bertz CT molecular complexity index is 1170. The molecule has 1 heterocycles. The fraction of sp³-hybridized carbons (Fsp3) is 0.385. The molecule has 33 heavy (non-hydrogen) atoms. The Labute approximate surface area is 193 Å². The van der Waals surface area contributed by atoms with Crippen LogP contribution in [0.15, 0.2) is 48.0 Å². The van der Waals surface area contributed by atoms with Crippen molar-refractivity contribution in [2.45, 2.75) is 63.9 Å². The Morgan fingerprint density at radius 3 is 2.55 bits per heavy atom. The van der Waals surface area contributed by atoms with Crippen LogP contribution in [0.5, 0.6) is 5.75 Å². The number of hydrogen-bond acceptors (Lipinski definition) is 2. The van der Waals surface area contributed by atoms with Gasteiger partial charge in [-0.2, -0.15) is 8.78 Å². The minimum atomic E-state index is -3.51. The molecule has 0 amide bonds. The Hall–Kier alpha value is -2.41. The number of halogens is 5. The molecule has 2 aromatic carbocycles. The Morgan fingerprint density at radius 1 is 1.03 bits per heavy atom. The summed E-state index contributed by atoms with van der Waals surface area (Å²) >= 11 is 1.51. The zero-order valence-corrected chi connectivity index (χ0v) is 19.1. The molecule has 0 saturated heterocycles. The van der Waals surface area contributed by atoms with Gasteiger partial charge in [0.25, 0.3) is 0 Å². The summed E-state index contributed by atoms with van der Waals surface area (Å²) in [7, 11) is 0. The number of hydrogen-bond donors (Lipinski definition) is 0. The van der Waals surface area contributed by atoms with Crippen LogP contribution in [0, 0.1) is 17.5 Å². The molecule has 7 heteroatoms. The Balaban J connectivity index is 1.37. The maximum Gasteiger partial charge on any atom is 0.398 e. The van der Waals surface area contributed by atoms with Crippen LogP contribution in [0.3, 0.4) is 0 Å². The van der Waals surface area contributed by atoms with E-state index in [0.29, 0.717) is 35.6 Å². The van der Waals surface area contributed by atoms with Crippen molar-refractivity contribution in [3.8, 4) is 5.75 Å². The molecule has 0 N–H and O–H groups in total. The molecule has 0 radical (unpaired) electrons. The summed E-state index contributed by atoms with van der Waals surface area (Å²) in [6, 6.07) is 8.21. The standard InChI is InChI=1S/C26H25F5OS/c1-2-3-20-14-18-8-10-21(24(29)25(18)33-20)17-6-4-16(5-7-17)12-13-26(30,31)32-19-9-11-22(27)23(28)15-19/h4,8-11,14-15,17H,2-3,5-7,12-13H2,1H3. The number of benzene rings is 2. The first-order chi connectivity index (χ1) is 15.8. The predicted octanol–water partition coefficient (Wildman–Crippen LogP) is 8.92. The lowest BCUT2D eigenvalue weighted by molar-refractivity contribution is -0.180. The van der Waals surface area contributed by atoms with Crippen LogP contribution in [-0.4, -0.2) is 6.11 Å². The van der Waals surface area contributed by atoms with E-state index in [2.05, 4.69) is 17.7 Å². The summed E-state index contributed by atoms with van der Waals surface area (Å²) in [5.41, 5.74) is 1.57. The Morgan fingerprint density at radius 2 is 1.85 bits per heavy atom. The van der Waals surface area contributed by atoms with E-state index in [9.17, 15) is 17.6 Å². The van der Waals surface area contributed by atoms with Crippen molar-refractivity contribution in [2.75, 3.05) is 0 Å². The SMILES string of the molecule is CCCc1cc2ccc(C3CC=C(CCC(F)(F)Oc4ccc(F)c(F)c4)CC3)c(F)c2s1. The zero-order valence-electron chi connectivity index (χ0n) is 18.3. The maximum absolute atomic E-state index is 15.2. The lowest BCUT2D eigenvalue weighted by Crippen LogP contribution is -2.25. The number of ether oxygens (including phenoxy) is 1. The molecule has 0 aliphatic heterocycles. The molecular formula is C26H25F5OS. The monoisotopic (exact) mass is 480 g/mol. The maximum atomic E-state index is 15.2. The van der Waals surface area contributed by atoms with Gasteiger partial charge in [-0.05, 0) is 67.2 Å². The molecule has 1 aliphatic carbocycles. The van der Waals surface area contributed by atoms with Gasteiger partial charge in [0.1, 0.15) is 11.6 Å². The molecule has 1 unspecified atom stereocenters. The third kappa shape index (κ3) is 5.57. The highest BCUT2D eigenvalue weighted by Crippen LogP contribution is 2.39. The number of alkyl halides is 2. The highest BCUT2D eigenvalue weighted by Gasteiger charge is 2.32. The van der Waals surface area contributed by atoms with Gasteiger partial charge in [0, 0.05) is 10.9 Å². The van der Waals surface area contributed by atoms with E-state index in [1.54, 1.807) is 0 Å². The van der Waals surface area contributed by atoms with E-state index in [0.717, 1.165) is 35.9 Å². The molecule has 176 valence electrons. The highest BCUT2D eigenvalue weighted by molar-refractivity contribution is 7.19. The molecular weight excluding hydrogens is 455 g/mol. The van der Waals surface area contributed by atoms with Crippen molar-refractivity contribution in [3.05, 3.63) is 75.9 Å². The van der Waals surface area contributed by atoms with Crippen molar-refractivity contribution in [1.82, 2.24) is 0 Å². The average Bonchev–Trinajstić information content (AvgIpc) is 3.20. The first-order valence-electron chi connectivity index (χ1n) is 11.2. The summed E-state index contributed by atoms with van der Waals surface area (Å²) in [5, 5.41) is 0.931. The summed E-state index contributed by atoms with van der Waals surface area (Å²) < 4.78 is 75.0. The van der Waals surface area contributed by atoms with Gasteiger partial charge in [0.05, 0.1) is 11.1 Å². The van der Waals surface area contributed by atoms with Crippen LogP contribution in [-0.2, 0) is 6.42 Å². The van der Waals surface area contributed by atoms with E-state index < -0.39 is 29.9 Å². The van der Waals surface area contributed by atoms with E-state index in [1.165, 1.54) is 16.2 Å². The first kappa shape index (κ1) is 23.7. The largest absolute Gasteiger partial charge is 0.432 e. The predicted molar refractivity (Wildman–Crippen MR) is 122 cm³/mol. The average molecular weight is 481 g/mol. The van der Waals surface area contributed by atoms with Gasteiger partial charge in [-0.25, -0.2) is 13.2 Å². The van der Waals surface area contributed by atoms with Gasteiger partial charge in [-0.15, -0.1) is 11.3 Å². The number of thiophene rings is 1. The van der Waals surface area contributed by atoms with E-state index >= 15 is 4.39 Å². The summed E-state index contributed by atoms with van der Waals surface area (Å²) in [5.74, 6) is -2.91. The smallest absolute Gasteiger partial charge is 0.398 e. The molecule has 0 bridgehead atoms. The minimum Gasteiger partial charge on any atom is -0.432 e. The molecule has 0 saturated carbocycles. The van der Waals surface area contributed by atoms with E-state index in [4.69, 9.17) is 0 Å². The summed E-state index contributed by atoms with van der Waals surface area (Å²) in [6.07, 6.45) is 1.81. The lowest BCUT2D eigenvalue weighted by atomic mass is 9.83. The molecule has 4 rings (SSSR count). The van der Waals surface area contributed by atoms with Gasteiger partial charge < -0.3 is 4.74 Å². The van der Waals surface area contributed by atoms with Gasteiger partial charge in [-0.3, -0.25) is 0 Å². The quantitative estimate of drug-likeness (QED) is 0.231. The fourth-order valence-corrected chi connectivity index (χ4v) is 5.50. The Kier molecular flexibility index (Phi) is 7.07. The fourth-order valence-electron chi connectivity index (χ4n) is 4.29. The lowest BCUT2D eigenvalue weighted by Gasteiger charge is -2.24. The van der Waals surface area contributed by atoms with Gasteiger partial charge in [-0.1, -0.05) is 37.1 Å². The van der Waals surface area contributed by atoms with Crippen molar-refractivity contribution in [1.29, 1.82) is 0 Å². The van der Waals surface area contributed by atoms with Crippen LogP contribution >= 0.6 is 11.3 Å². The van der Waals surface area contributed by atoms with Crippen molar-refractivity contribution >= 4 is 21.4 Å². The van der Waals surface area contributed by atoms with Gasteiger partial charge >= 0.3 is 6.11 Å². The topological polar surface area (TPSA) is 9.23 Å². The van der Waals surface area contributed by atoms with Gasteiger partial charge in [0.2, 0.25) is 0 Å². The highest BCUT2D eigenvalue weighted by atomic mass is 32.1. The zero-order chi connectivity index (χ0) is 23.6. The molecule has 3 aromatic rings. The summed E-state index contributed by atoms with van der Waals surface area (Å²) in [6.45, 7) is 2.10. The van der Waals surface area contributed by atoms with Crippen LogP contribution in [0.1, 0.15) is 61.8 Å². The summed E-state index contributed by atoms with van der Waals surface area (Å²) in [4.78, 5) is 1.18. The van der Waals surface area contributed by atoms with Crippen LogP contribution in [0.4, 0.5) is 22.0 Å². The second kappa shape index (κ2) is 9.84. The molecule has 1 atom stereocenters. The van der Waals surface area contributed by atoms with Crippen LogP contribution < -0.4 is 4.74 Å². The van der Waals surface area contributed by atoms with Crippen LogP contribution in [0.25, 0.3) is 10.1 Å². The number of fused-ring (bicyclic) bond motifs is 1. The van der Waals surface area contributed by atoms with Crippen molar-refractivity contribution in [3.63, 3.8) is 0 Å². The van der Waals surface area contributed by atoms with E-state index in [1.807, 2.05) is 18.2 Å². The minimum absolute atomic E-state index is 0.0221. The molecule has 1 nitrogen and oxygen atoms in total. The van der Waals surface area contributed by atoms with Crippen molar-refractivity contribution in [2.24, 2.45) is 0 Å². The second-order valence-electron chi connectivity index (χ2n) is 8.50. The molecule has 0 spiro atoms. The normalized spacial score (nSPS) is 16.8. The second-order valence-corrected chi connectivity index (χ2v) is 9.64. The van der Waals surface area contributed by atoms with E-state index in [-0.39, 0.29) is 18.2 Å². The number of allylic oxidation sites excluding steroid dienone is 2. The first-order valence-corrected chi connectivity index (χ1v) is 12.0.